The standard InChI is InChI=1S/C26H27FN4OS/c1-4-23(25(32)29-21-11-7-19(8-12-21)17(2)3)31-24-15-28-14-13-22(24)30-26(31)33-16-18-5-9-20(27)10-6-18/h5-15,17,23H,4,16H2,1-3H3,(H,29,32)/t23-/m0/s1. The molecular weight excluding hydrogens is 435 g/mol. The van der Waals surface area contributed by atoms with Gasteiger partial charge in [0.2, 0.25) is 5.91 Å². The number of benzene rings is 2. The van der Waals surface area contributed by atoms with Gasteiger partial charge in [-0.05, 0) is 53.8 Å². The first-order valence-corrected chi connectivity index (χ1v) is 12.0. The quantitative estimate of drug-likeness (QED) is 0.301. The lowest BCUT2D eigenvalue weighted by molar-refractivity contribution is -0.119. The van der Waals surface area contributed by atoms with Crippen LogP contribution in [-0.4, -0.2) is 20.4 Å². The van der Waals surface area contributed by atoms with Crippen LogP contribution in [0, 0.1) is 5.82 Å². The monoisotopic (exact) mass is 462 g/mol. The van der Waals surface area contributed by atoms with Crippen molar-refractivity contribution in [1.82, 2.24) is 14.5 Å². The number of aromatic nitrogens is 3. The molecular formula is C26H27FN4OS. The van der Waals surface area contributed by atoms with E-state index >= 15 is 0 Å². The first-order chi connectivity index (χ1) is 16.0. The summed E-state index contributed by atoms with van der Waals surface area (Å²) in [7, 11) is 0. The lowest BCUT2D eigenvalue weighted by Crippen LogP contribution is -2.26. The van der Waals surface area contributed by atoms with Gasteiger partial charge >= 0.3 is 0 Å². The number of fused-ring (bicyclic) bond motifs is 1. The number of anilines is 1. The van der Waals surface area contributed by atoms with Crippen molar-refractivity contribution in [2.45, 2.75) is 50.1 Å². The van der Waals surface area contributed by atoms with Crippen molar-refractivity contribution in [3.63, 3.8) is 0 Å². The second kappa shape index (κ2) is 10.2. The highest BCUT2D eigenvalue weighted by Crippen LogP contribution is 2.31. The van der Waals surface area contributed by atoms with Crippen molar-refractivity contribution in [3.8, 4) is 0 Å². The molecule has 2 heterocycles. The summed E-state index contributed by atoms with van der Waals surface area (Å²) in [6, 6.07) is 15.8. The van der Waals surface area contributed by atoms with E-state index in [4.69, 9.17) is 4.98 Å². The van der Waals surface area contributed by atoms with E-state index in [9.17, 15) is 9.18 Å². The van der Waals surface area contributed by atoms with Crippen LogP contribution < -0.4 is 5.32 Å². The van der Waals surface area contributed by atoms with Crippen molar-refractivity contribution in [1.29, 1.82) is 0 Å². The van der Waals surface area contributed by atoms with Crippen molar-refractivity contribution in [3.05, 3.63) is 83.9 Å². The highest BCUT2D eigenvalue weighted by molar-refractivity contribution is 7.98. The van der Waals surface area contributed by atoms with E-state index in [-0.39, 0.29) is 11.7 Å². The largest absolute Gasteiger partial charge is 0.324 e. The number of carbonyl (C=O) groups is 1. The minimum atomic E-state index is -0.445. The Bertz CT molecular complexity index is 1240. The summed E-state index contributed by atoms with van der Waals surface area (Å²) >= 11 is 1.53. The fourth-order valence-corrected chi connectivity index (χ4v) is 4.73. The molecule has 0 fully saturated rings. The Hall–Kier alpha value is -3.19. The zero-order chi connectivity index (χ0) is 23.4. The summed E-state index contributed by atoms with van der Waals surface area (Å²) in [5.74, 6) is 0.697. The number of nitrogens with zero attached hydrogens (tertiary/aromatic N) is 3. The van der Waals surface area contributed by atoms with Gasteiger partial charge in [0.1, 0.15) is 11.9 Å². The number of rotatable bonds is 8. The minimum absolute atomic E-state index is 0.0958. The van der Waals surface area contributed by atoms with Crippen LogP contribution >= 0.6 is 11.8 Å². The van der Waals surface area contributed by atoms with Crippen LogP contribution in [-0.2, 0) is 10.5 Å². The summed E-state index contributed by atoms with van der Waals surface area (Å²) in [4.78, 5) is 22.4. The minimum Gasteiger partial charge on any atom is -0.324 e. The molecule has 0 unspecified atom stereocenters. The molecule has 0 aliphatic carbocycles. The number of carbonyl (C=O) groups excluding carboxylic acids is 1. The van der Waals surface area contributed by atoms with Gasteiger partial charge in [0, 0.05) is 17.6 Å². The number of nitrogens with one attached hydrogen (secondary N) is 1. The molecule has 170 valence electrons. The van der Waals surface area contributed by atoms with E-state index in [1.807, 2.05) is 41.8 Å². The van der Waals surface area contributed by atoms with Crippen LogP contribution in [0.25, 0.3) is 11.0 Å². The van der Waals surface area contributed by atoms with Crippen LogP contribution in [0.2, 0.25) is 0 Å². The number of imidazole rings is 1. The lowest BCUT2D eigenvalue weighted by Gasteiger charge is -2.20. The number of hydrogen-bond acceptors (Lipinski definition) is 4. The molecule has 0 saturated heterocycles. The fourth-order valence-electron chi connectivity index (χ4n) is 3.71. The first-order valence-electron chi connectivity index (χ1n) is 11.1. The van der Waals surface area contributed by atoms with E-state index in [0.717, 1.165) is 27.4 Å². The Labute approximate surface area is 197 Å². The Kier molecular flexibility index (Phi) is 7.08. The van der Waals surface area contributed by atoms with Gasteiger partial charge in [-0.25, -0.2) is 9.37 Å². The zero-order valence-corrected chi connectivity index (χ0v) is 19.8. The maximum Gasteiger partial charge on any atom is 0.247 e. The SMILES string of the molecule is CC[C@@H](C(=O)Nc1ccc(C(C)C)cc1)n1c(SCc2ccc(F)cc2)nc2ccncc21. The molecule has 0 aliphatic heterocycles. The summed E-state index contributed by atoms with van der Waals surface area (Å²) in [6.07, 6.45) is 4.05. The molecule has 1 amide bonds. The van der Waals surface area contributed by atoms with Gasteiger partial charge in [-0.15, -0.1) is 0 Å². The predicted octanol–water partition coefficient (Wildman–Crippen LogP) is 6.58. The molecule has 33 heavy (non-hydrogen) atoms. The molecule has 0 saturated carbocycles. The highest BCUT2D eigenvalue weighted by Gasteiger charge is 2.25. The van der Waals surface area contributed by atoms with Gasteiger partial charge < -0.3 is 9.88 Å². The normalized spacial score (nSPS) is 12.3. The number of thioether (sulfide) groups is 1. The van der Waals surface area contributed by atoms with Crippen molar-refractivity contribution in [2.75, 3.05) is 5.32 Å². The summed E-state index contributed by atoms with van der Waals surface area (Å²) < 4.78 is 15.2. The average Bonchev–Trinajstić information content (AvgIpc) is 3.18. The Balaban J connectivity index is 1.61. The molecule has 4 rings (SSSR count). The molecule has 0 bridgehead atoms. The summed E-state index contributed by atoms with van der Waals surface area (Å²) in [6.45, 7) is 6.27. The van der Waals surface area contributed by atoms with Gasteiger partial charge in [-0.2, -0.15) is 0 Å². The maximum atomic E-state index is 13.3. The molecule has 0 radical (unpaired) electrons. The first kappa shape index (κ1) is 23.0. The molecule has 2 aromatic carbocycles. The van der Waals surface area contributed by atoms with Crippen LogP contribution in [0.3, 0.4) is 0 Å². The van der Waals surface area contributed by atoms with E-state index in [1.165, 1.54) is 29.5 Å². The molecule has 1 atom stereocenters. The Morgan fingerprint density at radius 2 is 1.82 bits per heavy atom. The van der Waals surface area contributed by atoms with Gasteiger partial charge in [-0.1, -0.05) is 56.8 Å². The van der Waals surface area contributed by atoms with Crippen LogP contribution in [0.1, 0.15) is 50.3 Å². The number of halogens is 1. The molecule has 7 heteroatoms. The third kappa shape index (κ3) is 5.25. The molecule has 0 aliphatic rings. The van der Waals surface area contributed by atoms with Crippen LogP contribution in [0.4, 0.5) is 10.1 Å². The number of hydrogen-bond donors (Lipinski definition) is 1. The van der Waals surface area contributed by atoms with Crippen LogP contribution in [0.5, 0.6) is 0 Å². The maximum absolute atomic E-state index is 13.3. The summed E-state index contributed by atoms with van der Waals surface area (Å²) in [5, 5.41) is 3.80. The highest BCUT2D eigenvalue weighted by atomic mass is 32.2. The number of pyridine rings is 1. The van der Waals surface area contributed by atoms with E-state index in [1.54, 1.807) is 24.5 Å². The Morgan fingerprint density at radius 1 is 1.09 bits per heavy atom. The topological polar surface area (TPSA) is 59.8 Å². The van der Waals surface area contributed by atoms with E-state index in [0.29, 0.717) is 18.1 Å². The predicted molar refractivity (Wildman–Crippen MR) is 132 cm³/mol. The third-order valence-corrected chi connectivity index (χ3v) is 6.61. The van der Waals surface area contributed by atoms with Crippen LogP contribution in [0.15, 0.2) is 72.1 Å². The molecule has 0 spiro atoms. The van der Waals surface area contributed by atoms with E-state index in [2.05, 4.69) is 24.1 Å². The Morgan fingerprint density at radius 3 is 2.48 bits per heavy atom. The molecule has 4 aromatic rings. The van der Waals surface area contributed by atoms with Gasteiger partial charge in [0.15, 0.2) is 5.16 Å². The lowest BCUT2D eigenvalue weighted by atomic mass is 10.0. The van der Waals surface area contributed by atoms with Gasteiger partial charge in [0.05, 0.1) is 17.2 Å². The average molecular weight is 463 g/mol. The van der Waals surface area contributed by atoms with Crippen molar-refractivity contribution in [2.24, 2.45) is 0 Å². The van der Waals surface area contributed by atoms with Crippen molar-refractivity contribution < 1.29 is 9.18 Å². The number of amides is 1. The summed E-state index contributed by atoms with van der Waals surface area (Å²) in [5.41, 5.74) is 4.59. The van der Waals surface area contributed by atoms with Crippen molar-refractivity contribution >= 4 is 34.4 Å². The van der Waals surface area contributed by atoms with Gasteiger partial charge in [0.25, 0.3) is 0 Å². The fraction of sp³-hybridized carbons (Fsp3) is 0.269. The van der Waals surface area contributed by atoms with Gasteiger partial charge in [-0.3, -0.25) is 9.78 Å². The molecule has 1 N–H and O–H groups in total. The molecule has 5 nitrogen and oxygen atoms in total. The zero-order valence-electron chi connectivity index (χ0n) is 19.0. The third-order valence-electron chi connectivity index (χ3n) is 5.59. The van der Waals surface area contributed by atoms with E-state index < -0.39 is 6.04 Å². The smallest absolute Gasteiger partial charge is 0.247 e. The second-order valence-corrected chi connectivity index (χ2v) is 9.18. The molecule has 2 aromatic heterocycles. The second-order valence-electron chi connectivity index (χ2n) is 8.23.